The van der Waals surface area contributed by atoms with Gasteiger partial charge < -0.3 is 11.1 Å². The van der Waals surface area contributed by atoms with Gasteiger partial charge in [-0.05, 0) is 19.1 Å². The summed E-state index contributed by atoms with van der Waals surface area (Å²) in [6, 6.07) is 5.23. The SMILES string of the molecule is CC(NC(=O)c1nc(N)n[nH]1)c1nnc2ccccn12. The number of pyridine rings is 1. The van der Waals surface area contributed by atoms with Gasteiger partial charge in [0.2, 0.25) is 11.8 Å². The number of anilines is 1. The monoisotopic (exact) mass is 272 g/mol. The summed E-state index contributed by atoms with van der Waals surface area (Å²) in [5.74, 6) is 0.301. The van der Waals surface area contributed by atoms with Crippen LogP contribution in [0.5, 0.6) is 0 Å². The van der Waals surface area contributed by atoms with Gasteiger partial charge in [-0.15, -0.1) is 15.3 Å². The van der Waals surface area contributed by atoms with Crippen LogP contribution >= 0.6 is 0 Å². The van der Waals surface area contributed by atoms with Gasteiger partial charge in [0.25, 0.3) is 5.91 Å². The first kappa shape index (κ1) is 12.1. The fourth-order valence-corrected chi connectivity index (χ4v) is 1.86. The van der Waals surface area contributed by atoms with E-state index in [2.05, 4.69) is 30.7 Å². The molecule has 9 heteroatoms. The molecule has 0 aliphatic heterocycles. The number of fused-ring (bicyclic) bond motifs is 1. The minimum atomic E-state index is -0.408. The molecular weight excluding hydrogens is 260 g/mol. The molecule has 1 amide bonds. The number of aromatic amines is 1. The fourth-order valence-electron chi connectivity index (χ4n) is 1.86. The van der Waals surface area contributed by atoms with Crippen LogP contribution in [0.1, 0.15) is 29.4 Å². The Bertz CT molecular complexity index is 760. The van der Waals surface area contributed by atoms with E-state index in [-0.39, 0.29) is 17.8 Å². The summed E-state index contributed by atoms with van der Waals surface area (Å²) in [5, 5.41) is 16.9. The van der Waals surface area contributed by atoms with Gasteiger partial charge >= 0.3 is 0 Å². The number of nitrogens with one attached hydrogen (secondary N) is 2. The molecule has 0 fully saturated rings. The highest BCUT2D eigenvalue weighted by molar-refractivity contribution is 5.90. The predicted octanol–water partition coefficient (Wildman–Crippen LogP) is -0.0794. The summed E-state index contributed by atoms with van der Waals surface area (Å²) in [4.78, 5) is 15.7. The number of hydrogen-bond acceptors (Lipinski definition) is 6. The van der Waals surface area contributed by atoms with Crippen LogP contribution in [0.15, 0.2) is 24.4 Å². The maximum absolute atomic E-state index is 11.9. The van der Waals surface area contributed by atoms with Gasteiger partial charge in [0.1, 0.15) is 0 Å². The molecule has 0 saturated heterocycles. The zero-order valence-corrected chi connectivity index (χ0v) is 10.6. The van der Waals surface area contributed by atoms with Crippen molar-refractivity contribution >= 4 is 17.5 Å². The van der Waals surface area contributed by atoms with E-state index in [0.29, 0.717) is 11.5 Å². The van der Waals surface area contributed by atoms with Gasteiger partial charge in [-0.1, -0.05) is 6.07 Å². The summed E-state index contributed by atoms with van der Waals surface area (Å²) in [6.07, 6.45) is 1.83. The Hall–Kier alpha value is -2.97. The van der Waals surface area contributed by atoms with Crippen molar-refractivity contribution in [2.75, 3.05) is 5.73 Å². The number of carbonyl (C=O) groups excluding carboxylic acids is 1. The molecule has 0 aliphatic rings. The van der Waals surface area contributed by atoms with Crippen LogP contribution in [-0.2, 0) is 0 Å². The van der Waals surface area contributed by atoms with E-state index in [4.69, 9.17) is 5.73 Å². The van der Waals surface area contributed by atoms with Crippen LogP contribution in [0.2, 0.25) is 0 Å². The van der Waals surface area contributed by atoms with Gasteiger partial charge in [-0.25, -0.2) is 0 Å². The molecule has 0 aromatic carbocycles. The normalized spacial score (nSPS) is 12.4. The van der Waals surface area contributed by atoms with E-state index < -0.39 is 5.91 Å². The third-order valence-corrected chi connectivity index (χ3v) is 2.79. The summed E-state index contributed by atoms with van der Waals surface area (Å²) < 4.78 is 1.81. The number of carbonyl (C=O) groups is 1. The lowest BCUT2D eigenvalue weighted by Gasteiger charge is -2.10. The number of nitrogens with two attached hydrogens (primary N) is 1. The Morgan fingerprint density at radius 1 is 1.45 bits per heavy atom. The second-order valence-corrected chi connectivity index (χ2v) is 4.22. The van der Waals surface area contributed by atoms with Crippen LogP contribution in [0.25, 0.3) is 5.65 Å². The Morgan fingerprint density at radius 3 is 3.05 bits per heavy atom. The van der Waals surface area contributed by atoms with Crippen LogP contribution < -0.4 is 11.1 Å². The van der Waals surface area contributed by atoms with Gasteiger partial charge in [0.05, 0.1) is 6.04 Å². The zero-order chi connectivity index (χ0) is 14.1. The number of amides is 1. The second kappa shape index (κ2) is 4.61. The maximum atomic E-state index is 11.9. The van der Waals surface area contributed by atoms with E-state index in [0.717, 1.165) is 0 Å². The molecule has 0 aliphatic carbocycles. The van der Waals surface area contributed by atoms with Crippen molar-refractivity contribution < 1.29 is 4.79 Å². The molecule has 20 heavy (non-hydrogen) atoms. The molecule has 3 rings (SSSR count). The van der Waals surface area contributed by atoms with Crippen LogP contribution in [0.3, 0.4) is 0 Å². The zero-order valence-electron chi connectivity index (χ0n) is 10.6. The summed E-state index contributed by atoms with van der Waals surface area (Å²) in [5.41, 5.74) is 6.07. The average Bonchev–Trinajstić information content (AvgIpc) is 3.04. The highest BCUT2D eigenvalue weighted by Gasteiger charge is 2.18. The third-order valence-electron chi connectivity index (χ3n) is 2.79. The first-order valence-electron chi connectivity index (χ1n) is 5.93. The molecule has 3 aromatic heterocycles. The Morgan fingerprint density at radius 2 is 2.30 bits per heavy atom. The van der Waals surface area contributed by atoms with Crippen molar-refractivity contribution in [3.8, 4) is 0 Å². The van der Waals surface area contributed by atoms with Crippen LogP contribution in [0, 0.1) is 0 Å². The van der Waals surface area contributed by atoms with Crippen molar-refractivity contribution in [3.05, 3.63) is 36.0 Å². The lowest BCUT2D eigenvalue weighted by molar-refractivity contribution is 0.0928. The Kier molecular flexibility index (Phi) is 2.78. The molecule has 3 aromatic rings. The lowest BCUT2D eigenvalue weighted by Crippen LogP contribution is -2.28. The van der Waals surface area contributed by atoms with Gasteiger partial charge in [0, 0.05) is 6.20 Å². The van der Waals surface area contributed by atoms with Crippen molar-refractivity contribution in [1.29, 1.82) is 0 Å². The molecule has 9 nitrogen and oxygen atoms in total. The molecule has 1 atom stereocenters. The highest BCUT2D eigenvalue weighted by atomic mass is 16.2. The number of nitrogens with zero attached hydrogens (tertiary/aromatic N) is 5. The highest BCUT2D eigenvalue weighted by Crippen LogP contribution is 2.12. The molecule has 1 unspecified atom stereocenters. The Balaban J connectivity index is 1.82. The molecule has 102 valence electrons. The lowest BCUT2D eigenvalue weighted by atomic mass is 10.3. The molecular formula is C11H12N8O. The largest absolute Gasteiger partial charge is 0.366 e. The van der Waals surface area contributed by atoms with Gasteiger partial charge in [-0.3, -0.25) is 14.3 Å². The number of aromatic nitrogens is 6. The van der Waals surface area contributed by atoms with Crippen molar-refractivity contribution in [3.63, 3.8) is 0 Å². The molecule has 0 radical (unpaired) electrons. The molecule has 3 heterocycles. The van der Waals surface area contributed by atoms with E-state index >= 15 is 0 Å². The van der Waals surface area contributed by atoms with Crippen LogP contribution in [0.4, 0.5) is 5.95 Å². The molecule has 4 N–H and O–H groups in total. The molecule has 0 bridgehead atoms. The third kappa shape index (κ3) is 2.05. The average molecular weight is 272 g/mol. The van der Waals surface area contributed by atoms with Crippen molar-refractivity contribution in [1.82, 2.24) is 35.1 Å². The number of rotatable bonds is 3. The minimum Gasteiger partial charge on any atom is -0.366 e. The van der Waals surface area contributed by atoms with E-state index in [1.54, 1.807) is 11.3 Å². The van der Waals surface area contributed by atoms with Crippen LogP contribution in [-0.4, -0.2) is 35.7 Å². The van der Waals surface area contributed by atoms with Gasteiger partial charge in [0.15, 0.2) is 11.5 Å². The standard InChI is InChI=1S/C11H12N8O/c1-6(13-10(20)8-14-11(12)18-16-8)9-17-15-7-4-2-3-5-19(7)9/h2-6H,1H3,(H,13,20)(H3,12,14,16,18). The summed E-state index contributed by atoms with van der Waals surface area (Å²) in [6.45, 7) is 1.81. The smallest absolute Gasteiger partial charge is 0.289 e. The first-order valence-corrected chi connectivity index (χ1v) is 5.93. The second-order valence-electron chi connectivity index (χ2n) is 4.22. The topological polar surface area (TPSA) is 127 Å². The van der Waals surface area contributed by atoms with Crippen molar-refractivity contribution in [2.24, 2.45) is 0 Å². The summed E-state index contributed by atoms with van der Waals surface area (Å²) >= 11 is 0. The maximum Gasteiger partial charge on any atom is 0.289 e. The first-order chi connectivity index (χ1) is 9.65. The van der Waals surface area contributed by atoms with E-state index in [9.17, 15) is 4.79 Å². The Labute approximate surface area is 113 Å². The van der Waals surface area contributed by atoms with Gasteiger partial charge in [-0.2, -0.15) is 4.98 Å². The molecule has 0 saturated carbocycles. The molecule has 0 spiro atoms. The predicted molar refractivity (Wildman–Crippen MR) is 69.7 cm³/mol. The number of hydrogen-bond donors (Lipinski definition) is 3. The van der Waals surface area contributed by atoms with E-state index in [1.165, 1.54) is 0 Å². The number of H-pyrrole nitrogens is 1. The number of nitrogen functional groups attached to an aromatic ring is 1. The van der Waals surface area contributed by atoms with E-state index in [1.807, 2.05) is 24.4 Å². The fraction of sp³-hybridized carbons (Fsp3) is 0.182. The minimum absolute atomic E-state index is 0.0238. The van der Waals surface area contributed by atoms with Crippen molar-refractivity contribution in [2.45, 2.75) is 13.0 Å². The quantitative estimate of drug-likeness (QED) is 0.612. The summed E-state index contributed by atoms with van der Waals surface area (Å²) in [7, 11) is 0.